The standard InChI is InChI=1S/C13H11N5O/c1-8-6-17-12(7-16-8)13(19)18-11-3-2-10(15)4-9(11)5-14/h2-4,6-7H,15H2,1H3,(H,18,19). The van der Waals surface area contributed by atoms with Crippen molar-refractivity contribution in [1.82, 2.24) is 9.97 Å². The molecule has 6 heteroatoms. The fourth-order valence-corrected chi connectivity index (χ4v) is 1.46. The van der Waals surface area contributed by atoms with Crippen LogP contribution in [-0.2, 0) is 0 Å². The predicted octanol–water partition coefficient (Wildman–Crippen LogP) is 1.49. The molecule has 1 aromatic heterocycles. The topological polar surface area (TPSA) is 105 Å². The molecule has 2 aromatic rings. The van der Waals surface area contributed by atoms with E-state index in [2.05, 4.69) is 15.3 Å². The molecule has 0 aliphatic heterocycles. The number of rotatable bonds is 2. The average molecular weight is 253 g/mol. The van der Waals surface area contributed by atoms with Crippen LogP contribution in [0.4, 0.5) is 11.4 Å². The van der Waals surface area contributed by atoms with Gasteiger partial charge in [0.2, 0.25) is 0 Å². The molecule has 0 spiro atoms. The van der Waals surface area contributed by atoms with E-state index in [1.165, 1.54) is 18.5 Å². The third-order valence-electron chi connectivity index (χ3n) is 2.43. The summed E-state index contributed by atoms with van der Waals surface area (Å²) in [6.07, 6.45) is 2.89. The van der Waals surface area contributed by atoms with Gasteiger partial charge in [0, 0.05) is 11.9 Å². The fraction of sp³-hybridized carbons (Fsp3) is 0.0769. The second-order valence-corrected chi connectivity index (χ2v) is 3.91. The lowest BCUT2D eigenvalue weighted by molar-refractivity contribution is 0.102. The van der Waals surface area contributed by atoms with Crippen LogP contribution < -0.4 is 11.1 Å². The van der Waals surface area contributed by atoms with E-state index in [1.807, 2.05) is 6.07 Å². The van der Waals surface area contributed by atoms with Crippen LogP contribution in [0.1, 0.15) is 21.7 Å². The van der Waals surface area contributed by atoms with Gasteiger partial charge in [-0.1, -0.05) is 0 Å². The van der Waals surface area contributed by atoms with Gasteiger partial charge in [0.15, 0.2) is 0 Å². The number of aryl methyl sites for hydroxylation is 1. The number of hydrogen-bond donors (Lipinski definition) is 2. The smallest absolute Gasteiger partial charge is 0.275 e. The van der Waals surface area contributed by atoms with Crippen molar-refractivity contribution in [1.29, 1.82) is 5.26 Å². The van der Waals surface area contributed by atoms with Crippen LogP contribution in [0.3, 0.4) is 0 Å². The van der Waals surface area contributed by atoms with Gasteiger partial charge in [-0.25, -0.2) is 4.98 Å². The number of carbonyl (C=O) groups is 1. The third-order valence-corrected chi connectivity index (χ3v) is 2.43. The van der Waals surface area contributed by atoms with Crippen molar-refractivity contribution in [3.05, 3.63) is 47.5 Å². The molecule has 0 atom stereocenters. The Balaban J connectivity index is 2.24. The van der Waals surface area contributed by atoms with E-state index >= 15 is 0 Å². The van der Waals surface area contributed by atoms with Gasteiger partial charge in [0.1, 0.15) is 11.8 Å². The highest BCUT2D eigenvalue weighted by molar-refractivity contribution is 6.03. The van der Waals surface area contributed by atoms with Gasteiger partial charge >= 0.3 is 0 Å². The molecule has 0 fully saturated rings. The number of benzene rings is 1. The molecule has 0 aliphatic rings. The fourth-order valence-electron chi connectivity index (χ4n) is 1.46. The molecule has 94 valence electrons. The molecule has 0 saturated heterocycles. The number of amides is 1. The number of aromatic nitrogens is 2. The third kappa shape index (κ3) is 2.84. The van der Waals surface area contributed by atoms with Crippen molar-refractivity contribution in [2.24, 2.45) is 0 Å². The predicted molar refractivity (Wildman–Crippen MR) is 70.3 cm³/mol. The van der Waals surface area contributed by atoms with Gasteiger partial charge in [0.25, 0.3) is 5.91 Å². The molecule has 0 radical (unpaired) electrons. The molecular weight excluding hydrogens is 242 g/mol. The zero-order valence-corrected chi connectivity index (χ0v) is 10.2. The first-order chi connectivity index (χ1) is 9.10. The number of nitriles is 1. The van der Waals surface area contributed by atoms with E-state index in [9.17, 15) is 4.79 Å². The van der Waals surface area contributed by atoms with E-state index < -0.39 is 5.91 Å². The molecule has 6 nitrogen and oxygen atoms in total. The Labute approximate surface area is 109 Å². The molecule has 0 saturated carbocycles. The molecule has 3 N–H and O–H groups in total. The monoisotopic (exact) mass is 253 g/mol. The summed E-state index contributed by atoms with van der Waals surface area (Å²) in [5, 5.41) is 11.6. The molecule has 2 rings (SSSR count). The molecule has 19 heavy (non-hydrogen) atoms. The van der Waals surface area contributed by atoms with Gasteiger partial charge in [-0.2, -0.15) is 5.26 Å². The number of carbonyl (C=O) groups excluding carboxylic acids is 1. The van der Waals surface area contributed by atoms with Crippen molar-refractivity contribution in [3.63, 3.8) is 0 Å². The second-order valence-electron chi connectivity index (χ2n) is 3.91. The zero-order chi connectivity index (χ0) is 13.8. The Morgan fingerprint density at radius 2 is 2.16 bits per heavy atom. The highest BCUT2D eigenvalue weighted by Gasteiger charge is 2.10. The molecule has 1 amide bonds. The van der Waals surface area contributed by atoms with Gasteiger partial charge < -0.3 is 11.1 Å². The summed E-state index contributed by atoms with van der Waals surface area (Å²) in [7, 11) is 0. The number of nitrogen functional groups attached to an aromatic ring is 1. The Morgan fingerprint density at radius 1 is 1.37 bits per heavy atom. The lowest BCUT2D eigenvalue weighted by Crippen LogP contribution is -2.15. The molecule has 1 heterocycles. The summed E-state index contributed by atoms with van der Waals surface area (Å²) in [4.78, 5) is 19.9. The molecule has 1 aromatic carbocycles. The van der Waals surface area contributed by atoms with Crippen LogP contribution in [0.5, 0.6) is 0 Å². The van der Waals surface area contributed by atoms with Crippen LogP contribution in [0.25, 0.3) is 0 Å². The lowest BCUT2D eigenvalue weighted by atomic mass is 10.1. The number of nitrogens with zero attached hydrogens (tertiary/aromatic N) is 3. The first-order valence-corrected chi connectivity index (χ1v) is 5.50. The Morgan fingerprint density at radius 3 is 2.79 bits per heavy atom. The van der Waals surface area contributed by atoms with Crippen molar-refractivity contribution >= 4 is 17.3 Å². The van der Waals surface area contributed by atoms with E-state index in [0.717, 1.165) is 5.69 Å². The van der Waals surface area contributed by atoms with Crippen molar-refractivity contribution in [2.75, 3.05) is 11.1 Å². The summed E-state index contributed by atoms with van der Waals surface area (Å²) in [5.41, 5.74) is 7.64. The maximum atomic E-state index is 11.9. The second kappa shape index (κ2) is 5.14. The van der Waals surface area contributed by atoms with E-state index in [-0.39, 0.29) is 5.69 Å². The lowest BCUT2D eigenvalue weighted by Gasteiger charge is -2.07. The number of nitrogens with one attached hydrogen (secondary N) is 1. The highest BCUT2D eigenvalue weighted by atomic mass is 16.1. The van der Waals surface area contributed by atoms with Gasteiger partial charge in [0.05, 0.1) is 23.1 Å². The maximum Gasteiger partial charge on any atom is 0.275 e. The van der Waals surface area contributed by atoms with E-state index in [1.54, 1.807) is 19.1 Å². The highest BCUT2D eigenvalue weighted by Crippen LogP contribution is 2.18. The van der Waals surface area contributed by atoms with Crippen molar-refractivity contribution in [2.45, 2.75) is 6.92 Å². The van der Waals surface area contributed by atoms with Gasteiger partial charge in [-0.15, -0.1) is 0 Å². The first-order valence-electron chi connectivity index (χ1n) is 5.50. The summed E-state index contributed by atoms with van der Waals surface area (Å²) < 4.78 is 0. The van der Waals surface area contributed by atoms with E-state index in [4.69, 9.17) is 11.0 Å². The summed E-state index contributed by atoms with van der Waals surface area (Å²) in [5.74, 6) is -0.422. The van der Waals surface area contributed by atoms with Crippen LogP contribution in [0.2, 0.25) is 0 Å². The first kappa shape index (κ1) is 12.5. The summed E-state index contributed by atoms with van der Waals surface area (Å²) in [6, 6.07) is 6.65. The number of hydrogen-bond acceptors (Lipinski definition) is 5. The van der Waals surface area contributed by atoms with Crippen LogP contribution in [0.15, 0.2) is 30.6 Å². The van der Waals surface area contributed by atoms with Crippen LogP contribution in [-0.4, -0.2) is 15.9 Å². The maximum absolute atomic E-state index is 11.9. The summed E-state index contributed by atoms with van der Waals surface area (Å²) >= 11 is 0. The van der Waals surface area contributed by atoms with Gasteiger partial charge in [-0.05, 0) is 25.1 Å². The largest absolute Gasteiger partial charge is 0.399 e. The Hall–Kier alpha value is -2.94. The minimum atomic E-state index is -0.422. The zero-order valence-electron chi connectivity index (χ0n) is 10.2. The minimum absolute atomic E-state index is 0.186. The molecule has 0 bridgehead atoms. The number of anilines is 2. The van der Waals surface area contributed by atoms with Crippen LogP contribution >= 0.6 is 0 Å². The minimum Gasteiger partial charge on any atom is -0.399 e. The molecular formula is C13H11N5O. The van der Waals surface area contributed by atoms with E-state index in [0.29, 0.717) is 16.9 Å². The molecule has 0 aliphatic carbocycles. The molecule has 0 unspecified atom stereocenters. The summed E-state index contributed by atoms with van der Waals surface area (Å²) in [6.45, 7) is 1.78. The van der Waals surface area contributed by atoms with Crippen LogP contribution in [0, 0.1) is 18.3 Å². The van der Waals surface area contributed by atoms with Crippen molar-refractivity contribution in [3.8, 4) is 6.07 Å². The SMILES string of the molecule is Cc1cnc(C(=O)Nc2ccc(N)cc2C#N)cn1. The quantitative estimate of drug-likeness (QED) is 0.789. The Kier molecular flexibility index (Phi) is 3.39. The Bertz CT molecular complexity index is 658. The van der Waals surface area contributed by atoms with Gasteiger partial charge in [-0.3, -0.25) is 9.78 Å². The van der Waals surface area contributed by atoms with Crippen molar-refractivity contribution < 1.29 is 4.79 Å². The normalized spacial score (nSPS) is 9.68. The average Bonchev–Trinajstić information content (AvgIpc) is 2.41. The number of nitrogens with two attached hydrogens (primary N) is 1.